The first-order chi connectivity index (χ1) is 18.3. The SMILES string of the molecule is C=CCOc1ccc(NC(=O)C(=O)N/N=C\c2cc(Br)ccc2OCC(=O)Nc2cccc(Cl)c2Cl)cc1. The lowest BCUT2D eigenvalue weighted by Crippen LogP contribution is -2.32. The van der Waals surface area contributed by atoms with Crippen molar-refractivity contribution in [3.63, 3.8) is 0 Å². The molecule has 9 nitrogen and oxygen atoms in total. The van der Waals surface area contributed by atoms with Gasteiger partial charge >= 0.3 is 11.8 Å². The standard InChI is InChI=1S/C26H21BrCl2N4O5/c1-2-12-37-19-9-7-18(8-10-19)31-25(35)26(36)33-30-14-16-13-17(27)6-11-22(16)38-15-23(34)32-21-5-3-4-20(28)24(21)29/h2-11,13-14H,1,12,15H2,(H,31,35)(H,32,34)(H,33,36)/b30-14-. The lowest BCUT2D eigenvalue weighted by atomic mass is 10.2. The number of nitrogens with one attached hydrogen (secondary N) is 3. The van der Waals surface area contributed by atoms with Gasteiger partial charge in [0.1, 0.15) is 18.1 Å². The average Bonchev–Trinajstić information content (AvgIpc) is 2.90. The van der Waals surface area contributed by atoms with E-state index in [1.807, 2.05) is 0 Å². The van der Waals surface area contributed by atoms with Crippen LogP contribution in [-0.2, 0) is 14.4 Å². The maximum atomic E-state index is 12.3. The minimum atomic E-state index is -0.983. The lowest BCUT2D eigenvalue weighted by Gasteiger charge is -2.11. The minimum absolute atomic E-state index is 0.216. The van der Waals surface area contributed by atoms with E-state index in [2.05, 4.69) is 43.7 Å². The zero-order valence-electron chi connectivity index (χ0n) is 19.7. The summed E-state index contributed by atoms with van der Waals surface area (Å²) in [5.41, 5.74) is 3.34. The third-order valence-electron chi connectivity index (χ3n) is 4.61. The van der Waals surface area contributed by atoms with Crippen LogP contribution in [0.25, 0.3) is 0 Å². The molecule has 0 spiro atoms. The van der Waals surface area contributed by atoms with Gasteiger partial charge in [-0.1, -0.05) is 57.9 Å². The quantitative estimate of drug-likeness (QED) is 0.121. The van der Waals surface area contributed by atoms with Crippen molar-refractivity contribution in [3.8, 4) is 11.5 Å². The maximum Gasteiger partial charge on any atom is 0.329 e. The van der Waals surface area contributed by atoms with Gasteiger partial charge in [0.2, 0.25) is 0 Å². The smallest absolute Gasteiger partial charge is 0.329 e. The first kappa shape index (κ1) is 28.7. The summed E-state index contributed by atoms with van der Waals surface area (Å²) in [5.74, 6) is -1.46. The van der Waals surface area contributed by atoms with E-state index in [9.17, 15) is 14.4 Å². The van der Waals surface area contributed by atoms with Gasteiger partial charge in [-0.05, 0) is 54.6 Å². The number of rotatable bonds is 10. The van der Waals surface area contributed by atoms with Crippen LogP contribution in [0.4, 0.5) is 11.4 Å². The highest BCUT2D eigenvalue weighted by atomic mass is 79.9. The van der Waals surface area contributed by atoms with Crippen LogP contribution in [-0.4, -0.2) is 37.1 Å². The van der Waals surface area contributed by atoms with Gasteiger partial charge < -0.3 is 20.1 Å². The van der Waals surface area contributed by atoms with E-state index in [-0.39, 0.29) is 11.6 Å². The zero-order valence-corrected chi connectivity index (χ0v) is 22.8. The molecule has 196 valence electrons. The number of hydrogen-bond acceptors (Lipinski definition) is 6. The Hall–Kier alpha value is -3.86. The van der Waals surface area contributed by atoms with Crippen LogP contribution in [0.3, 0.4) is 0 Å². The molecule has 0 saturated carbocycles. The van der Waals surface area contributed by atoms with E-state index >= 15 is 0 Å². The Morgan fingerprint density at radius 2 is 1.74 bits per heavy atom. The van der Waals surface area contributed by atoms with E-state index in [1.54, 1.807) is 66.7 Å². The largest absolute Gasteiger partial charge is 0.490 e. The summed E-state index contributed by atoms with van der Waals surface area (Å²) in [6.45, 7) is 3.58. The number of hydrogen-bond donors (Lipinski definition) is 3. The predicted molar refractivity (Wildman–Crippen MR) is 151 cm³/mol. The van der Waals surface area contributed by atoms with Crippen molar-refractivity contribution in [1.82, 2.24) is 5.43 Å². The summed E-state index contributed by atoms with van der Waals surface area (Å²) in [7, 11) is 0. The number of halogens is 3. The maximum absolute atomic E-state index is 12.3. The monoisotopic (exact) mass is 618 g/mol. The van der Waals surface area contributed by atoms with Crippen molar-refractivity contribution in [2.24, 2.45) is 5.10 Å². The van der Waals surface area contributed by atoms with Gasteiger partial charge in [0, 0.05) is 15.7 Å². The van der Waals surface area contributed by atoms with Crippen LogP contribution in [0.15, 0.2) is 82.9 Å². The number of benzene rings is 3. The molecule has 3 rings (SSSR count). The third-order valence-corrected chi connectivity index (χ3v) is 5.92. The Labute approximate surface area is 236 Å². The Bertz CT molecular complexity index is 1370. The molecular formula is C26H21BrCl2N4O5. The summed E-state index contributed by atoms with van der Waals surface area (Å²) >= 11 is 15.4. The van der Waals surface area contributed by atoms with Crippen LogP contribution in [0, 0.1) is 0 Å². The molecule has 3 aromatic carbocycles. The number of carbonyl (C=O) groups excluding carboxylic acids is 3. The highest BCUT2D eigenvalue weighted by Gasteiger charge is 2.14. The van der Waals surface area contributed by atoms with Gasteiger partial charge in [0.15, 0.2) is 6.61 Å². The third kappa shape index (κ3) is 8.62. The normalized spacial score (nSPS) is 10.5. The van der Waals surface area contributed by atoms with Crippen molar-refractivity contribution < 1.29 is 23.9 Å². The number of ether oxygens (including phenoxy) is 2. The fourth-order valence-corrected chi connectivity index (χ4v) is 3.60. The summed E-state index contributed by atoms with van der Waals surface area (Å²) in [6.07, 6.45) is 2.89. The van der Waals surface area contributed by atoms with Crippen LogP contribution in [0.2, 0.25) is 10.0 Å². The Morgan fingerprint density at radius 1 is 0.974 bits per heavy atom. The molecule has 0 aliphatic carbocycles. The van der Waals surface area contributed by atoms with Crippen molar-refractivity contribution in [2.45, 2.75) is 0 Å². The topological polar surface area (TPSA) is 118 Å². The van der Waals surface area contributed by atoms with Crippen LogP contribution >= 0.6 is 39.1 Å². The molecule has 12 heteroatoms. The van der Waals surface area contributed by atoms with E-state index in [0.29, 0.717) is 44.5 Å². The van der Waals surface area contributed by atoms with Crippen LogP contribution < -0.4 is 25.5 Å². The number of amides is 3. The second kappa shape index (κ2) is 14.2. The molecule has 0 radical (unpaired) electrons. The summed E-state index contributed by atoms with van der Waals surface area (Å²) in [4.78, 5) is 36.6. The van der Waals surface area contributed by atoms with Crippen molar-refractivity contribution in [2.75, 3.05) is 23.8 Å². The molecular weight excluding hydrogens is 599 g/mol. The van der Waals surface area contributed by atoms with Crippen LogP contribution in [0.1, 0.15) is 5.56 Å². The second-order valence-corrected chi connectivity index (χ2v) is 9.10. The fraction of sp³-hybridized carbons (Fsp3) is 0.0769. The molecule has 38 heavy (non-hydrogen) atoms. The molecule has 3 N–H and O–H groups in total. The molecule has 0 aromatic heterocycles. The predicted octanol–water partition coefficient (Wildman–Crippen LogP) is 5.43. The van der Waals surface area contributed by atoms with Gasteiger partial charge in [-0.3, -0.25) is 14.4 Å². The van der Waals surface area contributed by atoms with Gasteiger partial charge in [-0.15, -0.1) is 0 Å². The van der Waals surface area contributed by atoms with Gasteiger partial charge in [0.25, 0.3) is 5.91 Å². The molecule has 3 aromatic rings. The van der Waals surface area contributed by atoms with Gasteiger partial charge in [-0.25, -0.2) is 5.43 Å². The molecule has 3 amide bonds. The van der Waals surface area contributed by atoms with Gasteiger partial charge in [0.05, 0.1) is 21.9 Å². The molecule has 0 bridgehead atoms. The Kier molecular flexibility index (Phi) is 10.7. The molecule has 0 saturated heterocycles. The van der Waals surface area contributed by atoms with Gasteiger partial charge in [-0.2, -0.15) is 5.10 Å². The fourth-order valence-electron chi connectivity index (χ4n) is 2.87. The highest BCUT2D eigenvalue weighted by molar-refractivity contribution is 9.10. The van der Waals surface area contributed by atoms with E-state index in [1.165, 1.54) is 6.21 Å². The minimum Gasteiger partial charge on any atom is -0.490 e. The Morgan fingerprint density at radius 3 is 2.47 bits per heavy atom. The molecule has 0 unspecified atom stereocenters. The molecule has 0 atom stereocenters. The van der Waals surface area contributed by atoms with Crippen LogP contribution in [0.5, 0.6) is 11.5 Å². The number of hydrazone groups is 1. The summed E-state index contributed by atoms with van der Waals surface area (Å²) in [5, 5.41) is 9.42. The molecule has 0 aliphatic heterocycles. The Balaban J connectivity index is 1.55. The number of anilines is 2. The zero-order chi connectivity index (χ0) is 27.5. The highest BCUT2D eigenvalue weighted by Crippen LogP contribution is 2.29. The number of carbonyl (C=O) groups is 3. The lowest BCUT2D eigenvalue weighted by molar-refractivity contribution is -0.136. The van der Waals surface area contributed by atoms with Crippen molar-refractivity contribution in [3.05, 3.63) is 93.4 Å². The van der Waals surface area contributed by atoms with E-state index < -0.39 is 17.7 Å². The second-order valence-electron chi connectivity index (χ2n) is 7.40. The summed E-state index contributed by atoms with van der Waals surface area (Å²) < 4.78 is 11.7. The van der Waals surface area contributed by atoms with E-state index in [0.717, 1.165) is 0 Å². The molecule has 0 aliphatic rings. The first-order valence-corrected chi connectivity index (χ1v) is 12.5. The van der Waals surface area contributed by atoms with Crippen molar-refractivity contribution in [1.29, 1.82) is 0 Å². The van der Waals surface area contributed by atoms with Crippen molar-refractivity contribution >= 4 is 74.4 Å². The number of nitrogens with zero attached hydrogens (tertiary/aromatic N) is 1. The molecule has 0 fully saturated rings. The first-order valence-electron chi connectivity index (χ1n) is 10.9. The average molecular weight is 620 g/mol. The molecule has 0 heterocycles. The summed E-state index contributed by atoms with van der Waals surface area (Å²) in [6, 6.07) is 16.3. The van der Waals surface area contributed by atoms with E-state index in [4.69, 9.17) is 32.7 Å².